The third kappa shape index (κ3) is 4.34. The molecule has 2 N–H and O–H groups in total. The van der Waals surface area contributed by atoms with Crippen molar-refractivity contribution in [2.24, 2.45) is 0 Å². The summed E-state index contributed by atoms with van der Waals surface area (Å²) in [7, 11) is 0. The first-order chi connectivity index (χ1) is 13.9. The molecule has 4 rings (SSSR count). The standard InChI is InChI=1S/C24H28N4O/c1-24(2,3)19-11-9-18(10-12-19)23(29)25-20-13-14-28(16-20)22-15-21(26-27-22)17-7-5-4-6-8-17/h4-12,15,20H,13-14,16H2,1-3H3,(H,25,29)(H,26,27)/t20-/m1/s1. The molecule has 1 fully saturated rings. The Hall–Kier alpha value is -3.08. The summed E-state index contributed by atoms with van der Waals surface area (Å²) in [5, 5.41) is 10.8. The molecule has 1 amide bonds. The lowest BCUT2D eigenvalue weighted by molar-refractivity contribution is 0.0940. The first kappa shape index (κ1) is 19.2. The zero-order valence-electron chi connectivity index (χ0n) is 17.3. The van der Waals surface area contributed by atoms with Gasteiger partial charge < -0.3 is 10.2 Å². The largest absolute Gasteiger partial charge is 0.353 e. The van der Waals surface area contributed by atoms with E-state index < -0.39 is 0 Å². The minimum Gasteiger partial charge on any atom is -0.353 e. The van der Waals surface area contributed by atoms with E-state index in [0.29, 0.717) is 5.56 Å². The lowest BCUT2D eigenvalue weighted by Crippen LogP contribution is -2.37. The molecule has 1 aromatic heterocycles. The van der Waals surface area contributed by atoms with Crippen molar-refractivity contribution in [2.75, 3.05) is 18.0 Å². The van der Waals surface area contributed by atoms with Crippen molar-refractivity contribution in [1.29, 1.82) is 0 Å². The summed E-state index contributed by atoms with van der Waals surface area (Å²) in [6.45, 7) is 8.17. The third-order valence-electron chi connectivity index (χ3n) is 5.51. The quantitative estimate of drug-likeness (QED) is 0.697. The number of anilines is 1. The number of H-pyrrole nitrogens is 1. The lowest BCUT2D eigenvalue weighted by atomic mass is 9.86. The molecule has 0 spiro atoms. The van der Waals surface area contributed by atoms with Crippen LogP contribution in [-0.4, -0.2) is 35.2 Å². The van der Waals surface area contributed by atoms with Gasteiger partial charge in [0.15, 0.2) is 5.82 Å². The fourth-order valence-electron chi connectivity index (χ4n) is 3.72. The van der Waals surface area contributed by atoms with Gasteiger partial charge in [-0.2, -0.15) is 5.10 Å². The Morgan fingerprint density at radius 1 is 1.10 bits per heavy atom. The normalized spacial score (nSPS) is 16.8. The van der Waals surface area contributed by atoms with Crippen molar-refractivity contribution in [3.05, 3.63) is 71.8 Å². The van der Waals surface area contributed by atoms with Crippen LogP contribution in [0.5, 0.6) is 0 Å². The van der Waals surface area contributed by atoms with Crippen LogP contribution in [0.15, 0.2) is 60.7 Å². The van der Waals surface area contributed by atoms with Gasteiger partial charge in [0.05, 0.1) is 5.69 Å². The van der Waals surface area contributed by atoms with Crippen molar-refractivity contribution in [3.8, 4) is 11.3 Å². The van der Waals surface area contributed by atoms with Crippen LogP contribution in [0.25, 0.3) is 11.3 Å². The second-order valence-corrected chi connectivity index (χ2v) is 8.74. The summed E-state index contributed by atoms with van der Waals surface area (Å²) < 4.78 is 0. The summed E-state index contributed by atoms with van der Waals surface area (Å²) in [6.07, 6.45) is 0.916. The molecule has 5 nitrogen and oxygen atoms in total. The molecule has 5 heteroatoms. The number of nitrogens with one attached hydrogen (secondary N) is 2. The molecule has 150 valence electrons. The maximum absolute atomic E-state index is 12.6. The molecule has 0 radical (unpaired) electrons. The molecular weight excluding hydrogens is 360 g/mol. The van der Waals surface area contributed by atoms with E-state index >= 15 is 0 Å². The third-order valence-corrected chi connectivity index (χ3v) is 5.51. The maximum Gasteiger partial charge on any atom is 0.251 e. The predicted molar refractivity (Wildman–Crippen MR) is 117 cm³/mol. The SMILES string of the molecule is CC(C)(C)c1ccc(C(=O)N[C@@H]2CCN(c3cc(-c4ccccc4)[nH]n3)C2)cc1. The number of rotatable bonds is 4. The minimum atomic E-state index is -0.00990. The number of aromatic nitrogens is 2. The van der Waals surface area contributed by atoms with Crippen LogP contribution in [0.2, 0.25) is 0 Å². The van der Waals surface area contributed by atoms with Crippen LogP contribution in [0.3, 0.4) is 0 Å². The zero-order valence-corrected chi connectivity index (χ0v) is 17.3. The van der Waals surface area contributed by atoms with Crippen LogP contribution in [0.1, 0.15) is 43.1 Å². The molecule has 1 aliphatic heterocycles. The molecule has 0 saturated carbocycles. The number of benzene rings is 2. The van der Waals surface area contributed by atoms with E-state index in [4.69, 9.17) is 0 Å². The van der Waals surface area contributed by atoms with Crippen molar-refractivity contribution < 1.29 is 4.79 Å². The van der Waals surface area contributed by atoms with Crippen LogP contribution >= 0.6 is 0 Å². The first-order valence-corrected chi connectivity index (χ1v) is 10.2. The number of hydrogen-bond donors (Lipinski definition) is 2. The number of carbonyl (C=O) groups is 1. The molecule has 0 bridgehead atoms. The zero-order chi connectivity index (χ0) is 20.4. The van der Waals surface area contributed by atoms with Gasteiger partial charge in [0.2, 0.25) is 0 Å². The van der Waals surface area contributed by atoms with E-state index in [1.165, 1.54) is 5.56 Å². The molecule has 1 atom stereocenters. The fourth-order valence-corrected chi connectivity index (χ4v) is 3.72. The second kappa shape index (κ2) is 7.74. The average molecular weight is 389 g/mol. The van der Waals surface area contributed by atoms with E-state index in [-0.39, 0.29) is 17.4 Å². The van der Waals surface area contributed by atoms with Gasteiger partial charge in [0, 0.05) is 30.8 Å². The predicted octanol–water partition coefficient (Wildman–Crippen LogP) is 4.38. The molecule has 29 heavy (non-hydrogen) atoms. The van der Waals surface area contributed by atoms with Crippen molar-refractivity contribution in [2.45, 2.75) is 38.6 Å². The highest BCUT2D eigenvalue weighted by atomic mass is 16.1. The average Bonchev–Trinajstić information content (AvgIpc) is 3.37. The number of hydrogen-bond acceptors (Lipinski definition) is 3. The van der Waals surface area contributed by atoms with Gasteiger partial charge in [-0.05, 0) is 35.1 Å². The van der Waals surface area contributed by atoms with E-state index in [2.05, 4.69) is 59.4 Å². The van der Waals surface area contributed by atoms with E-state index in [0.717, 1.165) is 36.6 Å². The van der Waals surface area contributed by atoms with E-state index in [1.807, 2.05) is 42.5 Å². The monoisotopic (exact) mass is 388 g/mol. The van der Waals surface area contributed by atoms with Gasteiger partial charge >= 0.3 is 0 Å². The Kier molecular flexibility index (Phi) is 5.14. The van der Waals surface area contributed by atoms with Gasteiger partial charge in [-0.3, -0.25) is 9.89 Å². The lowest BCUT2D eigenvalue weighted by Gasteiger charge is -2.19. The Morgan fingerprint density at radius 3 is 2.52 bits per heavy atom. The summed E-state index contributed by atoms with van der Waals surface area (Å²) in [4.78, 5) is 14.9. The highest BCUT2D eigenvalue weighted by Gasteiger charge is 2.26. The molecule has 3 aromatic rings. The van der Waals surface area contributed by atoms with Gasteiger partial charge in [0.25, 0.3) is 5.91 Å². The van der Waals surface area contributed by atoms with Gasteiger partial charge in [-0.1, -0.05) is 63.2 Å². The Morgan fingerprint density at radius 2 is 1.83 bits per heavy atom. The first-order valence-electron chi connectivity index (χ1n) is 10.2. The van der Waals surface area contributed by atoms with Gasteiger partial charge in [-0.15, -0.1) is 0 Å². The molecule has 1 saturated heterocycles. The minimum absolute atomic E-state index is 0.00990. The number of amides is 1. The van der Waals surface area contributed by atoms with Crippen LogP contribution in [-0.2, 0) is 5.41 Å². The Labute approximate surface area is 172 Å². The van der Waals surface area contributed by atoms with E-state index in [1.54, 1.807) is 0 Å². The van der Waals surface area contributed by atoms with Crippen LogP contribution in [0.4, 0.5) is 5.82 Å². The van der Waals surface area contributed by atoms with Crippen molar-refractivity contribution >= 4 is 11.7 Å². The molecule has 2 aromatic carbocycles. The summed E-state index contributed by atoms with van der Waals surface area (Å²) in [5.41, 5.74) is 4.15. The molecule has 0 unspecified atom stereocenters. The second-order valence-electron chi connectivity index (χ2n) is 8.74. The topological polar surface area (TPSA) is 61.0 Å². The van der Waals surface area contributed by atoms with Gasteiger partial charge in [-0.25, -0.2) is 0 Å². The maximum atomic E-state index is 12.6. The summed E-state index contributed by atoms with van der Waals surface area (Å²) in [6, 6.07) is 20.3. The fraction of sp³-hybridized carbons (Fsp3) is 0.333. The highest BCUT2D eigenvalue weighted by molar-refractivity contribution is 5.94. The number of carbonyl (C=O) groups excluding carboxylic acids is 1. The molecular formula is C24H28N4O. The highest BCUT2D eigenvalue weighted by Crippen LogP contribution is 2.25. The smallest absolute Gasteiger partial charge is 0.251 e. The molecule has 2 heterocycles. The van der Waals surface area contributed by atoms with Crippen LogP contribution in [0, 0.1) is 0 Å². The van der Waals surface area contributed by atoms with Crippen molar-refractivity contribution in [3.63, 3.8) is 0 Å². The summed E-state index contributed by atoms with van der Waals surface area (Å²) in [5.74, 6) is 0.916. The number of aromatic amines is 1. The summed E-state index contributed by atoms with van der Waals surface area (Å²) >= 11 is 0. The molecule has 1 aliphatic rings. The Bertz CT molecular complexity index is 970. The van der Waals surface area contributed by atoms with E-state index in [9.17, 15) is 4.79 Å². The van der Waals surface area contributed by atoms with Crippen molar-refractivity contribution in [1.82, 2.24) is 15.5 Å². The van der Waals surface area contributed by atoms with Gasteiger partial charge in [0.1, 0.15) is 0 Å². The van der Waals surface area contributed by atoms with Crippen LogP contribution < -0.4 is 10.2 Å². The number of nitrogens with zero attached hydrogens (tertiary/aromatic N) is 2. The molecule has 0 aliphatic carbocycles. The Balaban J connectivity index is 1.37.